The molecule has 0 amide bonds. The minimum atomic E-state index is -1.02. The van der Waals surface area contributed by atoms with E-state index in [4.69, 9.17) is 44.6 Å². The normalized spacial score (nSPS) is 35.1. The maximum absolute atomic E-state index is 12.3. The molecule has 2 heterocycles. The average Bonchev–Trinajstić information content (AvgIpc) is 3.20. The van der Waals surface area contributed by atoms with Crippen LogP contribution in [0, 0.1) is 35.5 Å². The first-order valence-corrected chi connectivity index (χ1v) is 17.6. The highest BCUT2D eigenvalue weighted by Gasteiger charge is 2.53. The Balaban J connectivity index is 1.43. The molecule has 0 radical (unpaired) electrons. The Morgan fingerprint density at radius 2 is 1.51 bits per heavy atom. The van der Waals surface area contributed by atoms with Crippen molar-refractivity contribution in [1.29, 1.82) is 0 Å². The molecule has 4 saturated carbocycles. The molecule has 6 fully saturated rings. The first kappa shape index (κ1) is 34.6. The number of carbonyl (C=O) groups excluding carboxylic acids is 2. The first-order valence-electron chi connectivity index (χ1n) is 17.2. The minimum absolute atomic E-state index is 0.0467. The standard InChI is InChI=1S/C36H50BClO9/c1-18-19(2)32(43-21(4)40)34(45-29(18)17-42-20(3)39)44-28-16-26(37-46-35(5,6)36(7,8)47-37)15-27(31(28)38)33(41-9)30-24-11-22-10-23(13-24)14-25(30)12-22/h15-16,18-19,22-25,29,32,34H,10-14,17H2,1-9H3/t18-,19+,22?,23?,24?,25?,29?,32?,34-/m1/s1. The number of carbonyl (C=O) groups is 2. The van der Waals surface area contributed by atoms with Crippen molar-refractivity contribution in [2.45, 2.75) is 117 Å². The lowest BCUT2D eigenvalue weighted by molar-refractivity contribution is -0.253. The van der Waals surface area contributed by atoms with Crippen LogP contribution < -0.4 is 10.2 Å². The molecule has 11 heteroatoms. The number of methoxy groups -OCH3 is 1. The van der Waals surface area contributed by atoms with Crippen LogP contribution in [0.3, 0.4) is 0 Å². The number of halogens is 1. The summed E-state index contributed by atoms with van der Waals surface area (Å²) in [5.41, 5.74) is 1.68. The molecule has 258 valence electrons. The zero-order valence-corrected chi connectivity index (χ0v) is 30.0. The molecule has 7 rings (SSSR count). The molecule has 0 aromatic heterocycles. The summed E-state index contributed by atoms with van der Waals surface area (Å²) in [5, 5.41) is 0.372. The smallest absolute Gasteiger partial charge is 0.494 e. The van der Waals surface area contributed by atoms with E-state index in [2.05, 4.69) is 0 Å². The molecule has 4 aliphatic carbocycles. The Morgan fingerprint density at radius 3 is 2.04 bits per heavy atom. The molecule has 9 nitrogen and oxygen atoms in total. The van der Waals surface area contributed by atoms with E-state index < -0.39 is 48.8 Å². The maximum atomic E-state index is 12.3. The van der Waals surface area contributed by atoms with Crippen molar-refractivity contribution in [1.82, 2.24) is 0 Å². The van der Waals surface area contributed by atoms with Gasteiger partial charge in [-0.15, -0.1) is 0 Å². The third kappa shape index (κ3) is 6.56. The molecule has 1 aromatic rings. The second-order valence-corrected chi connectivity index (χ2v) is 15.9. The average molecular weight is 673 g/mol. The third-order valence-corrected chi connectivity index (χ3v) is 12.2. The van der Waals surface area contributed by atoms with Gasteiger partial charge in [0, 0.05) is 25.3 Å². The number of allylic oxidation sites excluding steroid dienone is 1. The lowest BCUT2D eigenvalue weighted by Gasteiger charge is -2.51. The van der Waals surface area contributed by atoms with Gasteiger partial charge in [0.05, 0.1) is 29.4 Å². The van der Waals surface area contributed by atoms with Crippen LogP contribution in [-0.4, -0.2) is 62.5 Å². The number of hydrogen-bond donors (Lipinski definition) is 0. The molecule has 2 unspecified atom stereocenters. The topological polar surface area (TPSA) is 98.8 Å². The summed E-state index contributed by atoms with van der Waals surface area (Å²) in [6, 6.07) is 3.83. The van der Waals surface area contributed by atoms with Gasteiger partial charge in [0.25, 0.3) is 0 Å². The third-order valence-electron chi connectivity index (χ3n) is 11.8. The van der Waals surface area contributed by atoms with E-state index in [1.165, 1.54) is 51.5 Å². The summed E-state index contributed by atoms with van der Waals surface area (Å²) >= 11 is 7.31. The van der Waals surface area contributed by atoms with Gasteiger partial charge in [-0.05, 0) is 113 Å². The van der Waals surface area contributed by atoms with Gasteiger partial charge in [-0.2, -0.15) is 0 Å². The van der Waals surface area contributed by atoms with Crippen LogP contribution in [0.5, 0.6) is 5.75 Å². The van der Waals surface area contributed by atoms with Crippen molar-refractivity contribution in [3.63, 3.8) is 0 Å². The fraction of sp³-hybridized carbons (Fsp3) is 0.722. The van der Waals surface area contributed by atoms with Crippen molar-refractivity contribution in [2.24, 2.45) is 35.5 Å². The molecule has 1 aromatic carbocycles. The van der Waals surface area contributed by atoms with Gasteiger partial charge in [-0.25, -0.2) is 0 Å². The number of esters is 2. The van der Waals surface area contributed by atoms with Crippen LogP contribution in [0.4, 0.5) is 0 Å². The predicted molar refractivity (Wildman–Crippen MR) is 178 cm³/mol. The van der Waals surface area contributed by atoms with Gasteiger partial charge in [0.2, 0.25) is 6.29 Å². The van der Waals surface area contributed by atoms with E-state index in [9.17, 15) is 9.59 Å². The quantitative estimate of drug-likeness (QED) is 0.178. The molecule has 5 atom stereocenters. The van der Waals surface area contributed by atoms with Gasteiger partial charge in [-0.3, -0.25) is 9.59 Å². The van der Waals surface area contributed by atoms with Gasteiger partial charge >= 0.3 is 19.1 Å². The summed E-state index contributed by atoms with van der Waals surface area (Å²) in [7, 11) is 1.03. The van der Waals surface area contributed by atoms with E-state index in [-0.39, 0.29) is 18.4 Å². The molecule has 2 saturated heterocycles. The highest BCUT2D eigenvalue weighted by Crippen LogP contribution is 2.58. The van der Waals surface area contributed by atoms with Gasteiger partial charge < -0.3 is 33.0 Å². The van der Waals surface area contributed by atoms with Crippen LogP contribution in [0.1, 0.15) is 93.1 Å². The molecule has 47 heavy (non-hydrogen) atoms. The number of benzene rings is 1. The predicted octanol–water partition coefficient (Wildman–Crippen LogP) is 6.32. The maximum Gasteiger partial charge on any atom is 0.494 e. The van der Waals surface area contributed by atoms with E-state index in [1.54, 1.807) is 7.11 Å². The fourth-order valence-corrected chi connectivity index (χ4v) is 8.90. The van der Waals surface area contributed by atoms with Crippen LogP contribution in [0.25, 0.3) is 5.76 Å². The van der Waals surface area contributed by atoms with E-state index >= 15 is 0 Å². The number of hydrogen-bond acceptors (Lipinski definition) is 9. The Hall–Kier alpha value is -2.27. The van der Waals surface area contributed by atoms with Crippen LogP contribution >= 0.6 is 11.6 Å². The highest BCUT2D eigenvalue weighted by molar-refractivity contribution is 6.62. The van der Waals surface area contributed by atoms with E-state index in [0.717, 1.165) is 28.6 Å². The summed E-state index contributed by atoms with van der Waals surface area (Å²) in [5.74, 6) is 2.53. The highest BCUT2D eigenvalue weighted by atomic mass is 35.5. The number of ether oxygens (including phenoxy) is 5. The largest absolute Gasteiger partial charge is 0.496 e. The summed E-state index contributed by atoms with van der Waals surface area (Å²) in [6.45, 7) is 14.8. The van der Waals surface area contributed by atoms with Crippen molar-refractivity contribution < 1.29 is 42.6 Å². The lowest BCUT2D eigenvalue weighted by Crippen LogP contribution is -2.54. The van der Waals surface area contributed by atoms with Crippen LogP contribution in [0.15, 0.2) is 17.7 Å². The van der Waals surface area contributed by atoms with Gasteiger partial charge in [-0.1, -0.05) is 25.4 Å². The molecular weight excluding hydrogens is 623 g/mol. The van der Waals surface area contributed by atoms with Gasteiger partial charge in [0.15, 0.2) is 6.10 Å². The number of rotatable bonds is 8. The fourth-order valence-electron chi connectivity index (χ4n) is 8.66. The second-order valence-electron chi connectivity index (χ2n) is 15.5. The van der Waals surface area contributed by atoms with E-state index in [0.29, 0.717) is 22.6 Å². The Labute approximate surface area is 284 Å². The van der Waals surface area contributed by atoms with Crippen molar-refractivity contribution in [3.05, 3.63) is 28.3 Å². The van der Waals surface area contributed by atoms with Crippen LogP contribution in [0.2, 0.25) is 5.02 Å². The Bertz CT molecular complexity index is 1380. The zero-order chi connectivity index (χ0) is 34.0. The van der Waals surface area contributed by atoms with Crippen molar-refractivity contribution in [3.8, 4) is 5.75 Å². The van der Waals surface area contributed by atoms with Crippen LogP contribution in [-0.2, 0) is 37.8 Å². The molecule has 4 bridgehead atoms. The summed E-state index contributed by atoms with van der Waals surface area (Å²) in [4.78, 5) is 23.9. The zero-order valence-electron chi connectivity index (χ0n) is 29.2. The van der Waals surface area contributed by atoms with Crippen molar-refractivity contribution >= 4 is 41.9 Å². The molecule has 0 spiro atoms. The first-order chi connectivity index (χ1) is 22.1. The lowest BCUT2D eigenvalue weighted by atomic mass is 9.54. The van der Waals surface area contributed by atoms with E-state index in [1.807, 2.05) is 53.7 Å². The second kappa shape index (κ2) is 12.9. The Morgan fingerprint density at radius 1 is 0.915 bits per heavy atom. The monoisotopic (exact) mass is 672 g/mol. The van der Waals surface area contributed by atoms with Gasteiger partial charge in [0.1, 0.15) is 18.1 Å². The molecule has 6 aliphatic rings. The molecule has 0 N–H and O–H groups in total. The minimum Gasteiger partial charge on any atom is -0.496 e. The van der Waals surface area contributed by atoms with Crippen molar-refractivity contribution in [2.75, 3.05) is 13.7 Å². The molecular formula is C36H50BClO9. The SMILES string of the molecule is COC(=C1C2CC3CC(C2)CC1C3)c1cc(B2OC(C)(C)C(C)(C)O2)cc(O[C@@H]2OC(COC(C)=O)[C@H](C)[C@H](C)C2OC(C)=O)c1Cl. The summed E-state index contributed by atoms with van der Waals surface area (Å²) < 4.78 is 43.4. The Kier molecular flexibility index (Phi) is 9.48. The molecule has 2 aliphatic heterocycles. The summed E-state index contributed by atoms with van der Waals surface area (Å²) in [6.07, 6.45) is 3.85.